The van der Waals surface area contributed by atoms with E-state index in [-0.39, 0.29) is 24.2 Å². The van der Waals surface area contributed by atoms with E-state index in [1.165, 1.54) is 0 Å². The van der Waals surface area contributed by atoms with Gasteiger partial charge >= 0.3 is 0 Å². The number of carbonyl (C=O) groups excluding carboxylic acids is 1. The van der Waals surface area contributed by atoms with Gasteiger partial charge in [0.25, 0.3) is 0 Å². The molecular weight excluding hydrogens is 326 g/mol. The van der Waals surface area contributed by atoms with E-state index in [1.54, 1.807) is 0 Å². The van der Waals surface area contributed by atoms with Crippen LogP contribution in [-0.2, 0) is 4.79 Å². The first-order chi connectivity index (χ1) is 11.0. The molecule has 0 saturated heterocycles. The van der Waals surface area contributed by atoms with Crippen molar-refractivity contribution in [2.24, 2.45) is 11.7 Å². The second kappa shape index (κ2) is 7.66. The van der Waals surface area contributed by atoms with Crippen LogP contribution in [0.5, 0.6) is 0 Å². The highest BCUT2D eigenvalue weighted by atomic mass is 35.5. The number of anilines is 2. The summed E-state index contributed by atoms with van der Waals surface area (Å²) >= 11 is 0. The van der Waals surface area contributed by atoms with Crippen molar-refractivity contribution >= 4 is 41.0 Å². The average Bonchev–Trinajstić information content (AvgIpc) is 2.54. The number of nitrogens with two attached hydrogens (primary N) is 1. The maximum Gasteiger partial charge on any atom is 0.225 e. The molecule has 1 aromatic carbocycles. The molecule has 6 nitrogen and oxygen atoms in total. The Morgan fingerprint density at radius 2 is 1.83 bits per heavy atom. The van der Waals surface area contributed by atoms with Gasteiger partial charge in [-0.25, -0.2) is 4.98 Å². The number of aromatic nitrogens is 2. The number of nitrogens with one attached hydrogen (secondary N) is 1. The second-order valence-corrected chi connectivity index (χ2v) is 6.38. The number of amides is 1. The largest absolute Gasteiger partial charge is 0.369 e. The predicted molar refractivity (Wildman–Crippen MR) is 99.7 cm³/mol. The van der Waals surface area contributed by atoms with Crippen molar-refractivity contribution in [1.29, 1.82) is 0 Å². The molecule has 3 N–H and O–H groups in total. The molecule has 1 aliphatic rings. The van der Waals surface area contributed by atoms with Crippen molar-refractivity contribution in [1.82, 2.24) is 9.97 Å². The van der Waals surface area contributed by atoms with Crippen LogP contribution >= 0.6 is 12.4 Å². The fourth-order valence-electron chi connectivity index (χ4n) is 3.17. The first-order valence-corrected chi connectivity index (χ1v) is 8.04. The molecule has 0 unspecified atom stereocenters. The Morgan fingerprint density at radius 3 is 2.46 bits per heavy atom. The molecule has 1 aliphatic carbocycles. The minimum atomic E-state index is -0.180. The Bertz CT molecular complexity index is 713. The molecular formula is C17H24ClN5O. The summed E-state index contributed by atoms with van der Waals surface area (Å²) in [6.07, 6.45) is 3.50. The third-order valence-corrected chi connectivity index (χ3v) is 4.47. The first kappa shape index (κ1) is 18.3. The summed E-state index contributed by atoms with van der Waals surface area (Å²) in [5, 5.41) is 4.47. The number of hydrogen-bond donors (Lipinski definition) is 2. The van der Waals surface area contributed by atoms with Crippen LogP contribution in [0.25, 0.3) is 10.9 Å². The molecule has 1 heterocycles. The fraction of sp³-hybridized carbons (Fsp3) is 0.471. The molecule has 0 aliphatic heterocycles. The summed E-state index contributed by atoms with van der Waals surface area (Å²) in [4.78, 5) is 22.5. The van der Waals surface area contributed by atoms with Crippen LogP contribution in [-0.4, -0.2) is 36.0 Å². The van der Waals surface area contributed by atoms with E-state index >= 15 is 0 Å². The van der Waals surface area contributed by atoms with Gasteiger partial charge in [0.1, 0.15) is 5.82 Å². The maximum atomic E-state index is 11.3. The Labute approximate surface area is 148 Å². The van der Waals surface area contributed by atoms with Gasteiger partial charge in [-0.1, -0.05) is 12.1 Å². The fourth-order valence-corrected chi connectivity index (χ4v) is 3.17. The van der Waals surface area contributed by atoms with E-state index in [2.05, 4.69) is 15.3 Å². The van der Waals surface area contributed by atoms with Crippen LogP contribution in [0.2, 0.25) is 0 Å². The number of rotatable bonds is 4. The molecule has 2 aromatic rings. The van der Waals surface area contributed by atoms with Crippen LogP contribution in [0.1, 0.15) is 25.7 Å². The number of primary amides is 1. The Hall–Kier alpha value is -2.08. The van der Waals surface area contributed by atoms with Gasteiger partial charge in [-0.15, -0.1) is 12.4 Å². The van der Waals surface area contributed by atoms with Gasteiger partial charge in [-0.3, -0.25) is 4.79 Å². The minimum absolute atomic E-state index is 0. The molecule has 0 radical (unpaired) electrons. The summed E-state index contributed by atoms with van der Waals surface area (Å²) in [6.45, 7) is 0. The number of para-hydroxylation sites is 1. The summed E-state index contributed by atoms with van der Waals surface area (Å²) in [6, 6.07) is 8.31. The van der Waals surface area contributed by atoms with Gasteiger partial charge in [0.2, 0.25) is 11.9 Å². The quantitative estimate of drug-likeness (QED) is 0.886. The van der Waals surface area contributed by atoms with E-state index in [1.807, 2.05) is 43.3 Å². The minimum Gasteiger partial charge on any atom is -0.369 e. The monoisotopic (exact) mass is 349 g/mol. The zero-order chi connectivity index (χ0) is 16.4. The van der Waals surface area contributed by atoms with Gasteiger partial charge in [-0.05, 0) is 37.8 Å². The molecule has 0 atom stereocenters. The summed E-state index contributed by atoms with van der Waals surface area (Å²) in [7, 11) is 3.97. The zero-order valence-corrected chi connectivity index (χ0v) is 14.8. The lowest BCUT2D eigenvalue weighted by Gasteiger charge is -2.27. The van der Waals surface area contributed by atoms with Crippen LogP contribution < -0.4 is 16.0 Å². The summed E-state index contributed by atoms with van der Waals surface area (Å²) in [5.41, 5.74) is 6.32. The van der Waals surface area contributed by atoms with Crippen LogP contribution in [0.3, 0.4) is 0 Å². The molecule has 0 bridgehead atoms. The SMILES string of the molecule is CN(C)c1nc(NC2CCC(C(N)=O)CC2)nc2ccccc12.Cl. The van der Waals surface area contributed by atoms with Gasteiger partial charge in [-0.2, -0.15) is 4.98 Å². The van der Waals surface area contributed by atoms with E-state index in [0.29, 0.717) is 12.0 Å². The van der Waals surface area contributed by atoms with Gasteiger partial charge in [0.15, 0.2) is 0 Å². The topological polar surface area (TPSA) is 84.1 Å². The summed E-state index contributed by atoms with van der Waals surface area (Å²) in [5.74, 6) is 1.39. The van der Waals surface area contributed by atoms with Crippen molar-refractivity contribution in [3.8, 4) is 0 Å². The second-order valence-electron chi connectivity index (χ2n) is 6.38. The highest BCUT2D eigenvalue weighted by Crippen LogP contribution is 2.28. The number of nitrogens with zero attached hydrogens (tertiary/aromatic N) is 3. The number of halogens is 1. The van der Waals surface area contributed by atoms with Crippen molar-refractivity contribution in [3.63, 3.8) is 0 Å². The van der Waals surface area contributed by atoms with E-state index in [4.69, 9.17) is 5.73 Å². The van der Waals surface area contributed by atoms with Crippen molar-refractivity contribution in [3.05, 3.63) is 24.3 Å². The van der Waals surface area contributed by atoms with Crippen molar-refractivity contribution in [2.45, 2.75) is 31.7 Å². The Balaban J connectivity index is 0.00000208. The Morgan fingerprint density at radius 1 is 1.17 bits per heavy atom. The van der Waals surface area contributed by atoms with E-state index in [9.17, 15) is 4.79 Å². The average molecular weight is 350 g/mol. The zero-order valence-electron chi connectivity index (χ0n) is 14.0. The maximum absolute atomic E-state index is 11.3. The third kappa shape index (κ3) is 3.87. The van der Waals surface area contributed by atoms with E-state index in [0.717, 1.165) is 42.4 Å². The molecule has 1 saturated carbocycles. The third-order valence-electron chi connectivity index (χ3n) is 4.47. The molecule has 130 valence electrons. The van der Waals surface area contributed by atoms with Gasteiger partial charge < -0.3 is 16.0 Å². The number of benzene rings is 1. The molecule has 1 aromatic heterocycles. The highest BCUT2D eigenvalue weighted by molar-refractivity contribution is 5.90. The molecule has 1 fully saturated rings. The molecule has 1 amide bonds. The highest BCUT2D eigenvalue weighted by Gasteiger charge is 2.25. The normalized spacial score (nSPS) is 20.2. The molecule has 7 heteroatoms. The van der Waals surface area contributed by atoms with Crippen molar-refractivity contribution in [2.75, 3.05) is 24.3 Å². The summed E-state index contributed by atoms with van der Waals surface area (Å²) < 4.78 is 0. The van der Waals surface area contributed by atoms with Gasteiger partial charge in [0.05, 0.1) is 5.52 Å². The lowest BCUT2D eigenvalue weighted by molar-refractivity contribution is -0.122. The first-order valence-electron chi connectivity index (χ1n) is 8.04. The van der Waals surface area contributed by atoms with E-state index < -0.39 is 0 Å². The number of fused-ring (bicyclic) bond motifs is 1. The lowest BCUT2D eigenvalue weighted by atomic mass is 9.86. The van der Waals surface area contributed by atoms with Crippen LogP contribution in [0.4, 0.5) is 11.8 Å². The molecule has 24 heavy (non-hydrogen) atoms. The van der Waals surface area contributed by atoms with Gasteiger partial charge in [0, 0.05) is 31.4 Å². The standard InChI is InChI=1S/C17H23N5O.ClH/c1-22(2)16-13-5-3-4-6-14(13)20-17(21-16)19-12-9-7-11(8-10-12)15(18)23;/h3-6,11-12H,7-10H2,1-2H3,(H2,18,23)(H,19,20,21);1H. The Kier molecular flexibility index (Phi) is 5.83. The number of carbonyl (C=O) groups is 1. The number of hydrogen-bond acceptors (Lipinski definition) is 5. The molecule has 3 rings (SSSR count). The van der Waals surface area contributed by atoms with Crippen molar-refractivity contribution < 1.29 is 4.79 Å². The van der Waals surface area contributed by atoms with Crippen LogP contribution in [0, 0.1) is 5.92 Å². The van der Waals surface area contributed by atoms with Crippen LogP contribution in [0.15, 0.2) is 24.3 Å². The lowest BCUT2D eigenvalue weighted by Crippen LogP contribution is -2.33. The molecule has 0 spiro atoms. The smallest absolute Gasteiger partial charge is 0.225 e. The predicted octanol–water partition coefficient (Wildman–Crippen LogP) is 2.57.